The number of carbonyl (C=O) groups excluding carboxylic acids is 1. The van der Waals surface area contributed by atoms with Crippen molar-refractivity contribution in [3.63, 3.8) is 0 Å². The largest absolute Gasteiger partial charge is 0.497 e. The van der Waals surface area contributed by atoms with Gasteiger partial charge in [-0.3, -0.25) is 9.10 Å². The van der Waals surface area contributed by atoms with Crippen molar-refractivity contribution in [1.29, 1.82) is 0 Å². The van der Waals surface area contributed by atoms with Gasteiger partial charge < -0.3 is 9.47 Å². The highest BCUT2D eigenvalue weighted by atomic mass is 32.2. The predicted molar refractivity (Wildman–Crippen MR) is 113 cm³/mol. The van der Waals surface area contributed by atoms with Gasteiger partial charge in [0.25, 0.3) is 5.91 Å². The van der Waals surface area contributed by atoms with E-state index < -0.39 is 22.5 Å². The average Bonchev–Trinajstić information content (AvgIpc) is 2.70. The Hall–Kier alpha value is -3.07. The summed E-state index contributed by atoms with van der Waals surface area (Å²) in [4.78, 5) is 12.3. The molecule has 29 heavy (non-hydrogen) atoms. The van der Waals surface area contributed by atoms with Crippen LogP contribution in [0, 0.1) is 0 Å². The van der Waals surface area contributed by atoms with Crippen LogP contribution in [-0.4, -0.2) is 46.6 Å². The zero-order chi connectivity index (χ0) is 21.4. The molecule has 0 atom stereocenters. The van der Waals surface area contributed by atoms with Crippen molar-refractivity contribution in [2.24, 2.45) is 5.10 Å². The van der Waals surface area contributed by atoms with Gasteiger partial charge in [0, 0.05) is 0 Å². The Kier molecular flexibility index (Phi) is 7.60. The third kappa shape index (κ3) is 6.49. The number of ether oxygens (including phenoxy) is 2. The quantitative estimate of drug-likeness (QED) is 0.497. The van der Waals surface area contributed by atoms with E-state index in [0.29, 0.717) is 23.8 Å². The maximum Gasteiger partial charge on any atom is 0.260 e. The van der Waals surface area contributed by atoms with Gasteiger partial charge in [-0.1, -0.05) is 0 Å². The molecule has 2 aromatic carbocycles. The molecule has 0 aliphatic heterocycles. The standard InChI is InChI=1S/C20H25N3O5S/c1-5-28-19-10-6-16(7-11-19)15(2)21-22-20(24)14-23(29(4,25)26)17-8-12-18(27-3)13-9-17/h6-13H,5,14H2,1-4H3,(H,22,24)/b21-15-. The molecule has 0 unspecified atom stereocenters. The summed E-state index contributed by atoms with van der Waals surface area (Å²) in [5.41, 5.74) is 4.15. The van der Waals surface area contributed by atoms with E-state index in [1.165, 1.54) is 7.11 Å². The fourth-order valence-electron chi connectivity index (χ4n) is 2.48. The van der Waals surface area contributed by atoms with Crippen molar-refractivity contribution in [3.05, 3.63) is 54.1 Å². The highest BCUT2D eigenvalue weighted by molar-refractivity contribution is 7.92. The Morgan fingerprint density at radius 2 is 1.66 bits per heavy atom. The molecule has 9 heteroatoms. The zero-order valence-corrected chi connectivity index (χ0v) is 17.7. The number of anilines is 1. The van der Waals surface area contributed by atoms with E-state index >= 15 is 0 Å². The minimum absolute atomic E-state index is 0.357. The molecule has 0 aliphatic carbocycles. The van der Waals surface area contributed by atoms with Crippen LogP contribution in [0.2, 0.25) is 0 Å². The Bertz CT molecular complexity index is 955. The lowest BCUT2D eigenvalue weighted by Gasteiger charge is -2.21. The molecule has 2 rings (SSSR count). The molecular formula is C20H25N3O5S. The lowest BCUT2D eigenvalue weighted by molar-refractivity contribution is -0.119. The summed E-state index contributed by atoms with van der Waals surface area (Å²) in [5.74, 6) is 0.773. The Morgan fingerprint density at radius 1 is 1.07 bits per heavy atom. The number of amides is 1. The number of nitrogens with one attached hydrogen (secondary N) is 1. The van der Waals surface area contributed by atoms with Crippen LogP contribution in [-0.2, 0) is 14.8 Å². The van der Waals surface area contributed by atoms with Gasteiger partial charge in [-0.25, -0.2) is 13.8 Å². The fraction of sp³-hybridized carbons (Fsp3) is 0.300. The van der Waals surface area contributed by atoms with E-state index in [1.54, 1.807) is 31.2 Å². The number of sulfonamides is 1. The number of hydrogen-bond donors (Lipinski definition) is 1. The monoisotopic (exact) mass is 419 g/mol. The molecule has 1 N–H and O–H groups in total. The second-order valence-corrected chi connectivity index (χ2v) is 8.06. The second-order valence-electron chi connectivity index (χ2n) is 6.16. The van der Waals surface area contributed by atoms with Crippen LogP contribution in [0.1, 0.15) is 19.4 Å². The number of nitrogens with zero attached hydrogens (tertiary/aromatic N) is 2. The van der Waals surface area contributed by atoms with Gasteiger partial charge in [0.15, 0.2) is 0 Å². The molecule has 0 fully saturated rings. The molecule has 0 heterocycles. The normalized spacial score (nSPS) is 11.7. The first-order valence-electron chi connectivity index (χ1n) is 8.92. The number of hydrazone groups is 1. The predicted octanol–water partition coefficient (Wildman–Crippen LogP) is 2.40. The van der Waals surface area contributed by atoms with Crippen LogP contribution in [0.15, 0.2) is 53.6 Å². The molecule has 0 aliphatic rings. The minimum Gasteiger partial charge on any atom is -0.497 e. The Morgan fingerprint density at radius 3 is 2.17 bits per heavy atom. The van der Waals surface area contributed by atoms with Crippen molar-refractivity contribution in [3.8, 4) is 11.5 Å². The van der Waals surface area contributed by atoms with Gasteiger partial charge in [-0.2, -0.15) is 5.10 Å². The molecule has 0 saturated heterocycles. The van der Waals surface area contributed by atoms with Gasteiger partial charge in [0.05, 0.1) is 31.4 Å². The topological polar surface area (TPSA) is 97.3 Å². The number of rotatable bonds is 9. The third-order valence-corrected chi connectivity index (χ3v) is 5.12. The molecule has 0 bridgehead atoms. The molecule has 156 valence electrons. The summed E-state index contributed by atoms with van der Waals surface area (Å²) in [6, 6.07) is 13.7. The van der Waals surface area contributed by atoms with Crippen molar-refractivity contribution in [1.82, 2.24) is 5.43 Å². The highest BCUT2D eigenvalue weighted by Crippen LogP contribution is 2.21. The maximum absolute atomic E-state index is 12.3. The second kappa shape index (κ2) is 9.92. The van der Waals surface area contributed by atoms with Gasteiger partial charge in [0.2, 0.25) is 10.0 Å². The first-order valence-corrected chi connectivity index (χ1v) is 10.8. The summed E-state index contributed by atoms with van der Waals surface area (Å²) >= 11 is 0. The summed E-state index contributed by atoms with van der Waals surface area (Å²) in [7, 11) is -2.15. The van der Waals surface area contributed by atoms with Crippen molar-refractivity contribution in [2.75, 3.05) is 30.8 Å². The Balaban J connectivity index is 2.08. The SMILES string of the molecule is CCOc1ccc(/C(C)=N\NC(=O)CN(c2ccc(OC)cc2)S(C)(=O)=O)cc1. The minimum atomic E-state index is -3.66. The van der Waals surface area contributed by atoms with Gasteiger partial charge >= 0.3 is 0 Å². The summed E-state index contributed by atoms with van der Waals surface area (Å²) in [6.07, 6.45) is 1.04. The molecule has 8 nitrogen and oxygen atoms in total. The van der Waals surface area contributed by atoms with E-state index in [9.17, 15) is 13.2 Å². The van der Waals surface area contributed by atoms with Crippen LogP contribution in [0.3, 0.4) is 0 Å². The van der Waals surface area contributed by atoms with Crippen LogP contribution in [0.25, 0.3) is 0 Å². The van der Waals surface area contributed by atoms with E-state index in [-0.39, 0.29) is 0 Å². The fourth-order valence-corrected chi connectivity index (χ4v) is 3.34. The molecule has 0 aromatic heterocycles. The average molecular weight is 420 g/mol. The Labute approximate surface area is 171 Å². The summed E-state index contributed by atoms with van der Waals surface area (Å²) in [6.45, 7) is 3.83. The van der Waals surface area contributed by atoms with E-state index in [2.05, 4.69) is 10.5 Å². The molecular weight excluding hydrogens is 394 g/mol. The van der Waals surface area contributed by atoms with Crippen molar-refractivity contribution < 1.29 is 22.7 Å². The first kappa shape index (κ1) is 22.2. The third-order valence-electron chi connectivity index (χ3n) is 3.98. The van der Waals surface area contributed by atoms with Gasteiger partial charge in [-0.15, -0.1) is 0 Å². The lowest BCUT2D eigenvalue weighted by Crippen LogP contribution is -2.39. The molecule has 1 amide bonds. The van der Waals surface area contributed by atoms with Crippen LogP contribution in [0.4, 0.5) is 5.69 Å². The van der Waals surface area contributed by atoms with Crippen molar-refractivity contribution in [2.45, 2.75) is 13.8 Å². The highest BCUT2D eigenvalue weighted by Gasteiger charge is 2.20. The zero-order valence-electron chi connectivity index (χ0n) is 16.9. The number of carbonyl (C=O) groups is 1. The molecule has 2 aromatic rings. The first-order chi connectivity index (χ1) is 13.7. The van der Waals surface area contributed by atoms with E-state index in [0.717, 1.165) is 21.9 Å². The molecule has 0 saturated carbocycles. The summed E-state index contributed by atoms with van der Waals surface area (Å²) < 4.78 is 35.7. The summed E-state index contributed by atoms with van der Waals surface area (Å²) in [5, 5.41) is 4.06. The van der Waals surface area contributed by atoms with Crippen LogP contribution in [0.5, 0.6) is 11.5 Å². The van der Waals surface area contributed by atoms with E-state index in [1.807, 2.05) is 31.2 Å². The number of benzene rings is 2. The van der Waals surface area contributed by atoms with E-state index in [4.69, 9.17) is 9.47 Å². The molecule has 0 spiro atoms. The lowest BCUT2D eigenvalue weighted by atomic mass is 10.1. The molecule has 0 radical (unpaired) electrons. The van der Waals surface area contributed by atoms with Gasteiger partial charge in [0.1, 0.15) is 18.0 Å². The van der Waals surface area contributed by atoms with Crippen LogP contribution < -0.4 is 19.2 Å². The smallest absolute Gasteiger partial charge is 0.260 e. The number of hydrogen-bond acceptors (Lipinski definition) is 6. The van der Waals surface area contributed by atoms with Crippen molar-refractivity contribution >= 4 is 27.3 Å². The number of methoxy groups -OCH3 is 1. The maximum atomic E-state index is 12.3. The van der Waals surface area contributed by atoms with Crippen LogP contribution >= 0.6 is 0 Å². The van der Waals surface area contributed by atoms with Gasteiger partial charge in [-0.05, 0) is 67.9 Å².